The van der Waals surface area contributed by atoms with Gasteiger partial charge in [-0.05, 0) is 18.8 Å². The Morgan fingerprint density at radius 3 is 2.61 bits per heavy atom. The Morgan fingerprint density at radius 1 is 1.50 bits per heavy atom. The average molecular weight is 278 g/mol. The molecule has 1 atom stereocenters. The van der Waals surface area contributed by atoms with E-state index in [4.69, 9.17) is 5.11 Å². The lowest BCUT2D eigenvalue weighted by molar-refractivity contribution is -0.137. The molecular weight excluding hydrogens is 256 g/mol. The highest BCUT2D eigenvalue weighted by Crippen LogP contribution is 2.27. The minimum Gasteiger partial charge on any atom is -0.481 e. The number of carboxylic acid groups (broad SMARTS) is 1. The molecule has 0 saturated carbocycles. The summed E-state index contributed by atoms with van der Waals surface area (Å²) in [6.07, 6.45) is 1.58. The summed E-state index contributed by atoms with van der Waals surface area (Å²) < 4.78 is 27.3. The van der Waals surface area contributed by atoms with Crippen LogP contribution in [0.2, 0.25) is 0 Å². The highest BCUT2D eigenvalue weighted by atomic mass is 32.2. The molecule has 0 bridgehead atoms. The van der Waals surface area contributed by atoms with Crippen molar-refractivity contribution < 1.29 is 18.3 Å². The van der Waals surface area contributed by atoms with E-state index in [1.54, 1.807) is 0 Å². The first-order valence-corrected chi connectivity index (χ1v) is 7.61. The van der Waals surface area contributed by atoms with E-state index < -0.39 is 16.2 Å². The number of hydrogen-bond donors (Lipinski definition) is 1. The molecular formula is C11H22N2O4S. The molecule has 1 aliphatic heterocycles. The third kappa shape index (κ3) is 3.43. The molecule has 0 aliphatic carbocycles. The molecule has 0 amide bonds. The standard InChI is InChI=1S/C11H22N2O4S/c1-9(2)10-5-4-7-13(10)18(16,17)12(3)8-6-11(14)15/h9-10H,4-8H2,1-3H3,(H,14,15). The number of aliphatic carboxylic acids is 1. The second-order valence-electron chi connectivity index (χ2n) is 5.04. The summed E-state index contributed by atoms with van der Waals surface area (Å²) in [5.41, 5.74) is 0. The molecule has 0 spiro atoms. The fourth-order valence-electron chi connectivity index (χ4n) is 2.27. The first kappa shape index (κ1) is 15.4. The molecule has 1 rings (SSSR count). The Hall–Kier alpha value is -0.660. The third-order valence-corrected chi connectivity index (χ3v) is 5.36. The van der Waals surface area contributed by atoms with Gasteiger partial charge >= 0.3 is 5.97 Å². The largest absolute Gasteiger partial charge is 0.481 e. The Morgan fingerprint density at radius 2 is 2.11 bits per heavy atom. The van der Waals surface area contributed by atoms with Gasteiger partial charge in [-0.2, -0.15) is 17.0 Å². The van der Waals surface area contributed by atoms with E-state index in [9.17, 15) is 13.2 Å². The third-order valence-electron chi connectivity index (χ3n) is 3.35. The highest BCUT2D eigenvalue weighted by molar-refractivity contribution is 7.86. The summed E-state index contributed by atoms with van der Waals surface area (Å²) in [6.45, 7) is 4.56. The van der Waals surface area contributed by atoms with Crippen LogP contribution >= 0.6 is 0 Å². The van der Waals surface area contributed by atoms with Gasteiger partial charge in [-0.25, -0.2) is 0 Å². The maximum atomic E-state index is 12.3. The first-order chi connectivity index (χ1) is 8.26. The van der Waals surface area contributed by atoms with Gasteiger partial charge in [0.25, 0.3) is 10.2 Å². The van der Waals surface area contributed by atoms with E-state index >= 15 is 0 Å². The van der Waals surface area contributed by atoms with Gasteiger partial charge in [0, 0.05) is 26.2 Å². The zero-order valence-electron chi connectivity index (χ0n) is 11.2. The highest BCUT2D eigenvalue weighted by Gasteiger charge is 2.37. The van der Waals surface area contributed by atoms with Crippen molar-refractivity contribution in [3.8, 4) is 0 Å². The van der Waals surface area contributed by atoms with Crippen LogP contribution in [0, 0.1) is 5.92 Å². The zero-order valence-corrected chi connectivity index (χ0v) is 12.0. The maximum Gasteiger partial charge on any atom is 0.304 e. The van der Waals surface area contributed by atoms with E-state index in [-0.39, 0.29) is 24.9 Å². The van der Waals surface area contributed by atoms with Crippen LogP contribution in [0.25, 0.3) is 0 Å². The quantitative estimate of drug-likeness (QED) is 0.778. The second kappa shape index (κ2) is 5.99. The van der Waals surface area contributed by atoms with Gasteiger partial charge in [0.15, 0.2) is 0 Å². The van der Waals surface area contributed by atoms with Gasteiger partial charge in [-0.1, -0.05) is 13.8 Å². The number of hydrogen-bond acceptors (Lipinski definition) is 3. The monoisotopic (exact) mass is 278 g/mol. The van der Waals surface area contributed by atoms with Crippen LogP contribution in [-0.2, 0) is 15.0 Å². The van der Waals surface area contributed by atoms with E-state index in [1.807, 2.05) is 13.8 Å². The van der Waals surface area contributed by atoms with Crippen LogP contribution in [0.1, 0.15) is 33.1 Å². The SMILES string of the molecule is CC(C)C1CCCN1S(=O)(=O)N(C)CCC(=O)O. The molecule has 7 heteroatoms. The lowest BCUT2D eigenvalue weighted by Crippen LogP contribution is -2.46. The molecule has 0 radical (unpaired) electrons. The summed E-state index contributed by atoms with van der Waals surface area (Å²) in [5.74, 6) is -0.714. The molecule has 1 N–H and O–H groups in total. The van der Waals surface area contributed by atoms with Crippen molar-refractivity contribution in [3.63, 3.8) is 0 Å². The number of rotatable bonds is 6. The summed E-state index contributed by atoms with van der Waals surface area (Å²) in [5, 5.41) is 8.60. The van der Waals surface area contributed by atoms with Crippen molar-refractivity contribution >= 4 is 16.2 Å². The number of carbonyl (C=O) groups is 1. The fourth-order valence-corrected chi connectivity index (χ4v) is 4.00. The zero-order chi connectivity index (χ0) is 13.9. The molecule has 0 aromatic carbocycles. The van der Waals surface area contributed by atoms with Crippen LogP contribution in [0.5, 0.6) is 0 Å². The summed E-state index contributed by atoms with van der Waals surface area (Å²) in [6, 6.07) is 0.0299. The van der Waals surface area contributed by atoms with Crippen molar-refractivity contribution in [3.05, 3.63) is 0 Å². The van der Waals surface area contributed by atoms with Crippen LogP contribution in [-0.4, -0.2) is 54.3 Å². The summed E-state index contributed by atoms with van der Waals surface area (Å²) in [7, 11) is -2.09. The molecule has 1 heterocycles. The Kier molecular flexibility index (Phi) is 5.12. The van der Waals surface area contributed by atoms with Gasteiger partial charge < -0.3 is 5.11 Å². The molecule has 0 aromatic rings. The lowest BCUT2D eigenvalue weighted by atomic mass is 10.0. The van der Waals surface area contributed by atoms with Gasteiger partial charge in [0.05, 0.1) is 6.42 Å². The normalized spacial score (nSPS) is 21.9. The summed E-state index contributed by atoms with van der Waals surface area (Å²) in [4.78, 5) is 10.5. The van der Waals surface area contributed by atoms with Gasteiger partial charge in [0.1, 0.15) is 0 Å². The fraction of sp³-hybridized carbons (Fsp3) is 0.909. The maximum absolute atomic E-state index is 12.3. The molecule has 6 nitrogen and oxygen atoms in total. The van der Waals surface area contributed by atoms with E-state index in [0.717, 1.165) is 17.1 Å². The van der Waals surface area contributed by atoms with Crippen LogP contribution in [0.3, 0.4) is 0 Å². The van der Waals surface area contributed by atoms with Crippen molar-refractivity contribution in [1.82, 2.24) is 8.61 Å². The lowest BCUT2D eigenvalue weighted by Gasteiger charge is -2.30. The van der Waals surface area contributed by atoms with Crippen molar-refractivity contribution in [1.29, 1.82) is 0 Å². The smallest absolute Gasteiger partial charge is 0.304 e. The van der Waals surface area contributed by atoms with Crippen LogP contribution in [0.15, 0.2) is 0 Å². The molecule has 0 aromatic heterocycles. The predicted octanol–water partition coefficient (Wildman–Crippen LogP) is 0.758. The predicted molar refractivity (Wildman–Crippen MR) is 68.4 cm³/mol. The minimum atomic E-state index is -3.53. The number of carboxylic acids is 1. The molecule has 18 heavy (non-hydrogen) atoms. The van der Waals surface area contributed by atoms with E-state index in [1.165, 1.54) is 11.4 Å². The minimum absolute atomic E-state index is 0.0129. The number of nitrogens with zero attached hydrogens (tertiary/aromatic N) is 2. The molecule has 106 valence electrons. The average Bonchev–Trinajstić information content (AvgIpc) is 2.74. The van der Waals surface area contributed by atoms with Crippen LogP contribution < -0.4 is 0 Å². The molecule has 1 unspecified atom stereocenters. The van der Waals surface area contributed by atoms with Gasteiger partial charge in [-0.15, -0.1) is 0 Å². The van der Waals surface area contributed by atoms with Crippen molar-refractivity contribution in [2.45, 2.75) is 39.2 Å². The van der Waals surface area contributed by atoms with Gasteiger partial charge in [0.2, 0.25) is 0 Å². The topological polar surface area (TPSA) is 77.9 Å². The van der Waals surface area contributed by atoms with Gasteiger partial charge in [-0.3, -0.25) is 4.79 Å². The molecule has 1 fully saturated rings. The van der Waals surface area contributed by atoms with E-state index in [0.29, 0.717) is 6.54 Å². The second-order valence-corrected chi connectivity index (χ2v) is 7.03. The molecule has 1 aliphatic rings. The van der Waals surface area contributed by atoms with Crippen molar-refractivity contribution in [2.24, 2.45) is 5.92 Å². The first-order valence-electron chi connectivity index (χ1n) is 6.21. The molecule has 1 saturated heterocycles. The van der Waals surface area contributed by atoms with E-state index in [2.05, 4.69) is 0 Å². The van der Waals surface area contributed by atoms with Crippen molar-refractivity contribution in [2.75, 3.05) is 20.1 Å². The summed E-state index contributed by atoms with van der Waals surface area (Å²) >= 11 is 0. The Balaban J connectivity index is 2.76. The van der Waals surface area contributed by atoms with Crippen LogP contribution in [0.4, 0.5) is 0 Å². The Bertz CT molecular complexity index is 394. The Labute approximate surface area is 109 Å².